The molecule has 2 N–H and O–H groups in total. The van der Waals surface area contributed by atoms with E-state index in [9.17, 15) is 0 Å². The largest absolute Gasteiger partial charge is 1.00 e. The Kier molecular flexibility index (Phi) is 17.9. The molecular weight excluding hydrogens is 252 g/mol. The summed E-state index contributed by atoms with van der Waals surface area (Å²) in [6, 6.07) is 0. The molecular formula is C12H20BrN2-. The van der Waals surface area contributed by atoms with E-state index in [4.69, 9.17) is 0 Å². The van der Waals surface area contributed by atoms with Gasteiger partial charge >= 0.3 is 0 Å². The highest BCUT2D eigenvalue weighted by Crippen LogP contribution is 1.83. The molecule has 0 bridgehead atoms. The van der Waals surface area contributed by atoms with E-state index in [1.807, 2.05) is 12.2 Å². The highest BCUT2D eigenvalue weighted by atomic mass is 79.9. The van der Waals surface area contributed by atoms with Gasteiger partial charge in [-0.05, 0) is 38.1 Å². The summed E-state index contributed by atoms with van der Waals surface area (Å²) in [6.07, 6.45) is 6.17. The zero-order chi connectivity index (χ0) is 10.5. The molecule has 0 aliphatic carbocycles. The second-order valence-electron chi connectivity index (χ2n) is 2.93. The lowest BCUT2D eigenvalue weighted by Crippen LogP contribution is -3.00. The Labute approximate surface area is 104 Å². The molecule has 0 unspecified atom stereocenters. The van der Waals surface area contributed by atoms with Crippen molar-refractivity contribution in [3.8, 4) is 0 Å². The molecule has 0 amide bonds. The van der Waals surface area contributed by atoms with Crippen molar-refractivity contribution in [3.05, 3.63) is 36.8 Å². The normalized spacial score (nSPS) is 8.27. The molecule has 0 aliphatic heterocycles. The van der Waals surface area contributed by atoms with Gasteiger partial charge in [-0.25, -0.2) is 0 Å². The molecule has 0 fully saturated rings. The number of unbranched alkanes of at least 4 members (excludes halogenated alkanes) is 1. The molecule has 86 valence electrons. The van der Waals surface area contributed by atoms with E-state index in [1.54, 1.807) is 0 Å². The smallest absolute Gasteiger partial charge is 0.0209 e. The summed E-state index contributed by atoms with van der Waals surface area (Å²) < 4.78 is 0. The zero-order valence-corrected chi connectivity index (χ0v) is 10.8. The van der Waals surface area contributed by atoms with E-state index in [0.717, 1.165) is 26.2 Å². The van der Waals surface area contributed by atoms with Gasteiger partial charge in [0.25, 0.3) is 0 Å². The van der Waals surface area contributed by atoms with Gasteiger partial charge in [-0.1, -0.05) is 13.2 Å². The van der Waals surface area contributed by atoms with Crippen molar-refractivity contribution in [2.75, 3.05) is 26.2 Å². The van der Waals surface area contributed by atoms with Gasteiger partial charge in [-0.2, -0.15) is 0 Å². The molecule has 0 aromatic carbocycles. The minimum atomic E-state index is 0. The summed E-state index contributed by atoms with van der Waals surface area (Å²) in [5.74, 6) is 0. The van der Waals surface area contributed by atoms with Gasteiger partial charge in [0.2, 0.25) is 0 Å². The average Bonchev–Trinajstić information content (AvgIpc) is 2.21. The van der Waals surface area contributed by atoms with Crippen LogP contribution >= 0.6 is 0 Å². The fourth-order valence-electron chi connectivity index (χ4n) is 0.993. The Bertz CT molecular complexity index is 190. The van der Waals surface area contributed by atoms with Crippen LogP contribution in [0.2, 0.25) is 0 Å². The fourth-order valence-corrected chi connectivity index (χ4v) is 0.993. The molecule has 0 radical (unpaired) electrons. The van der Waals surface area contributed by atoms with Crippen molar-refractivity contribution < 1.29 is 17.0 Å². The van der Waals surface area contributed by atoms with E-state index in [0.29, 0.717) is 0 Å². The third kappa shape index (κ3) is 16.1. The van der Waals surface area contributed by atoms with Crippen LogP contribution in [0.15, 0.2) is 36.8 Å². The molecule has 0 spiro atoms. The van der Waals surface area contributed by atoms with E-state index in [1.165, 1.54) is 12.8 Å². The van der Waals surface area contributed by atoms with Crippen LogP contribution in [0.3, 0.4) is 0 Å². The van der Waals surface area contributed by atoms with Crippen LogP contribution in [0, 0.1) is 0 Å². The lowest BCUT2D eigenvalue weighted by atomic mass is 10.3. The van der Waals surface area contributed by atoms with Gasteiger partial charge in [-0.15, -0.1) is 11.5 Å². The molecule has 0 aromatic rings. The third-order valence-corrected chi connectivity index (χ3v) is 1.74. The summed E-state index contributed by atoms with van der Waals surface area (Å²) in [5.41, 5.74) is 5.45. The predicted molar refractivity (Wildman–Crippen MR) is 62.4 cm³/mol. The predicted octanol–water partition coefficient (Wildman–Crippen LogP) is -1.37. The Hall–Kier alpha value is -0.560. The molecule has 0 saturated carbocycles. The van der Waals surface area contributed by atoms with Crippen molar-refractivity contribution in [3.63, 3.8) is 0 Å². The maximum Gasteiger partial charge on any atom is 0.0209 e. The quantitative estimate of drug-likeness (QED) is 0.400. The molecule has 0 aromatic heterocycles. The molecule has 0 rings (SSSR count). The van der Waals surface area contributed by atoms with Crippen LogP contribution in [-0.2, 0) is 0 Å². The van der Waals surface area contributed by atoms with Crippen molar-refractivity contribution in [2.24, 2.45) is 0 Å². The van der Waals surface area contributed by atoms with Crippen molar-refractivity contribution in [2.45, 2.75) is 12.8 Å². The molecule has 2 nitrogen and oxygen atoms in total. The molecule has 15 heavy (non-hydrogen) atoms. The lowest BCUT2D eigenvalue weighted by Gasteiger charge is -2.02. The van der Waals surface area contributed by atoms with Gasteiger partial charge in [0.15, 0.2) is 0 Å². The van der Waals surface area contributed by atoms with Crippen molar-refractivity contribution >= 4 is 0 Å². The Morgan fingerprint density at radius 2 is 1.27 bits per heavy atom. The molecule has 0 aliphatic rings. The number of hydrogen-bond acceptors (Lipinski definition) is 2. The number of halogens is 1. The first-order chi connectivity index (χ1) is 6.91. The molecule has 0 heterocycles. The lowest BCUT2D eigenvalue weighted by molar-refractivity contribution is -0.00000304. The Balaban J connectivity index is 0. The van der Waals surface area contributed by atoms with Gasteiger partial charge in [0, 0.05) is 13.1 Å². The summed E-state index contributed by atoms with van der Waals surface area (Å²) in [6.45, 7) is 10.8. The van der Waals surface area contributed by atoms with Crippen molar-refractivity contribution in [1.29, 1.82) is 0 Å². The maximum atomic E-state index is 3.49. The van der Waals surface area contributed by atoms with Crippen LogP contribution < -0.4 is 27.6 Å². The number of nitrogens with one attached hydrogen (secondary N) is 2. The topological polar surface area (TPSA) is 24.1 Å². The minimum Gasteiger partial charge on any atom is -1.00 e. The maximum absolute atomic E-state index is 3.49. The fraction of sp³-hybridized carbons (Fsp3) is 0.500. The van der Waals surface area contributed by atoms with E-state index in [-0.39, 0.29) is 17.0 Å². The first-order valence-corrected chi connectivity index (χ1v) is 5.02. The minimum absolute atomic E-state index is 0. The summed E-state index contributed by atoms with van der Waals surface area (Å²) in [4.78, 5) is 0. The van der Waals surface area contributed by atoms with E-state index in [2.05, 4.69) is 35.3 Å². The van der Waals surface area contributed by atoms with E-state index >= 15 is 0 Å². The summed E-state index contributed by atoms with van der Waals surface area (Å²) >= 11 is 0. The second kappa shape index (κ2) is 15.9. The number of rotatable bonds is 9. The standard InChI is InChI=1S/C12H20N2.BrH/c1-3-5-9-13-11-7-8-12-14-10-6-4-2;/h5-6,13-14H,1-2,7-12H2;1H/p-1. The molecule has 3 heteroatoms. The zero-order valence-electron chi connectivity index (χ0n) is 9.19. The average molecular weight is 272 g/mol. The highest BCUT2D eigenvalue weighted by molar-refractivity contribution is 4.78. The molecule has 0 atom stereocenters. The van der Waals surface area contributed by atoms with Crippen LogP contribution in [0.1, 0.15) is 12.8 Å². The first kappa shape index (κ1) is 16.9. The van der Waals surface area contributed by atoms with Gasteiger partial charge < -0.3 is 27.6 Å². The van der Waals surface area contributed by atoms with Gasteiger partial charge in [0.05, 0.1) is 0 Å². The monoisotopic (exact) mass is 271 g/mol. The SMILES string of the molecule is C=C=CCNCCCCNCC=C=C.[Br-]. The van der Waals surface area contributed by atoms with Gasteiger partial charge in [0.1, 0.15) is 0 Å². The first-order valence-electron chi connectivity index (χ1n) is 5.02. The Morgan fingerprint density at radius 1 is 0.867 bits per heavy atom. The van der Waals surface area contributed by atoms with Crippen LogP contribution in [0.5, 0.6) is 0 Å². The molecule has 0 saturated heterocycles. The second-order valence-corrected chi connectivity index (χ2v) is 2.93. The summed E-state index contributed by atoms with van der Waals surface area (Å²) in [5, 5.41) is 6.54. The van der Waals surface area contributed by atoms with Crippen LogP contribution in [-0.4, -0.2) is 26.2 Å². The van der Waals surface area contributed by atoms with E-state index < -0.39 is 0 Å². The van der Waals surface area contributed by atoms with Crippen LogP contribution in [0.25, 0.3) is 0 Å². The Morgan fingerprint density at radius 3 is 1.60 bits per heavy atom. The van der Waals surface area contributed by atoms with Gasteiger partial charge in [-0.3, -0.25) is 0 Å². The summed E-state index contributed by atoms with van der Waals surface area (Å²) in [7, 11) is 0. The van der Waals surface area contributed by atoms with Crippen LogP contribution in [0.4, 0.5) is 0 Å². The third-order valence-electron chi connectivity index (χ3n) is 1.74. The van der Waals surface area contributed by atoms with Crippen molar-refractivity contribution in [1.82, 2.24) is 10.6 Å². The highest BCUT2D eigenvalue weighted by Gasteiger charge is 1.86. The number of hydrogen-bond donors (Lipinski definition) is 2.